The maximum atomic E-state index is 13.2. The fourth-order valence-electron chi connectivity index (χ4n) is 3.51. The van der Waals surface area contributed by atoms with E-state index in [0.29, 0.717) is 27.4 Å². The summed E-state index contributed by atoms with van der Waals surface area (Å²) in [6.07, 6.45) is 15.4. The third-order valence-corrected chi connectivity index (χ3v) is 6.67. The summed E-state index contributed by atoms with van der Waals surface area (Å²) in [5.74, 6) is 0.665. The Labute approximate surface area is 224 Å². The number of phenolic OH excluding ortho intramolecular Hbond substituents is 1. The van der Waals surface area contributed by atoms with E-state index in [0.717, 1.165) is 11.1 Å². The Morgan fingerprint density at radius 1 is 0.914 bits per heavy atom. The molecule has 0 amide bonds. The molecule has 10 radical (unpaired) electrons. The third kappa shape index (κ3) is 7.93. The van der Waals surface area contributed by atoms with Gasteiger partial charge in [0.25, 0.3) is 0 Å². The van der Waals surface area contributed by atoms with Crippen molar-refractivity contribution in [2.24, 2.45) is 0 Å². The van der Waals surface area contributed by atoms with Crippen LogP contribution in [0.15, 0.2) is 41.3 Å². The predicted molar refractivity (Wildman–Crippen MR) is 136 cm³/mol. The van der Waals surface area contributed by atoms with Crippen molar-refractivity contribution in [3.63, 3.8) is 0 Å². The van der Waals surface area contributed by atoms with Crippen LogP contribution in [-0.2, 0) is 38.1 Å². The molecule has 0 saturated heterocycles. The van der Waals surface area contributed by atoms with Gasteiger partial charge < -0.3 is 9.84 Å². The fraction of sp³-hybridized carbons (Fsp3) is 0.207. The van der Waals surface area contributed by atoms with Crippen LogP contribution in [0.25, 0.3) is 0 Å². The number of hydrogen-bond donors (Lipinski definition) is 1. The Kier molecular flexibility index (Phi) is 11.1. The Balaban J connectivity index is 0.000000640. The van der Waals surface area contributed by atoms with E-state index in [-0.39, 0.29) is 28.2 Å². The van der Waals surface area contributed by atoms with Crippen molar-refractivity contribution in [3.05, 3.63) is 116 Å². The minimum atomic E-state index is -1.40. The Hall–Kier alpha value is -1.62. The molecule has 0 unspecified atom stereocenters. The number of rotatable bonds is 4. The second kappa shape index (κ2) is 13.1. The minimum Gasteiger partial charge on any atom is -0.508 e. The van der Waals surface area contributed by atoms with Gasteiger partial charge in [0.05, 0.1) is 16.0 Å². The van der Waals surface area contributed by atoms with Crippen molar-refractivity contribution in [3.8, 4) is 11.5 Å². The van der Waals surface area contributed by atoms with Gasteiger partial charge in [-0.15, -0.1) is 0 Å². The molecule has 0 spiro atoms. The molecule has 4 rings (SSSR count). The summed E-state index contributed by atoms with van der Waals surface area (Å²) in [4.78, 5) is 12.3. The Morgan fingerprint density at radius 2 is 1.49 bits per heavy atom. The first-order valence-corrected chi connectivity index (χ1v) is 12.2. The maximum Gasteiger partial charge on any atom is 2.00 e. The fourth-order valence-corrected chi connectivity index (χ4v) is 4.72. The average Bonchev–Trinajstić information content (AvgIpc) is 3.49. The molecular weight excluding hydrogens is 500 g/mol. The zero-order valence-corrected chi connectivity index (χ0v) is 22.4. The molecule has 0 aliphatic heterocycles. The number of aromatic hydroxyl groups is 1. The average molecular weight is 530 g/mol. The summed E-state index contributed by atoms with van der Waals surface area (Å²) in [5, 5.41) is 11.4. The predicted octanol–water partition coefficient (Wildman–Crippen LogP) is 5.83. The summed E-state index contributed by atoms with van der Waals surface area (Å²) < 4.78 is 18.6. The molecule has 182 valence electrons. The number of aryl methyl sites for hydroxylation is 1. The molecule has 0 aromatic heterocycles. The van der Waals surface area contributed by atoms with E-state index in [1.165, 1.54) is 6.92 Å². The SMILES string of the molecule is CC(=O)Oc1cc([C]2[CH][CH][CH][C]2[S@@](=O)c2ccc(C)cc2)c(O)cc1C(C)(C)C.[CH]1[CH][CH][CH][CH]1.[Fe+2]. The van der Waals surface area contributed by atoms with Crippen LogP contribution in [0.4, 0.5) is 0 Å². The van der Waals surface area contributed by atoms with Crippen LogP contribution in [0.5, 0.6) is 11.5 Å². The first-order chi connectivity index (χ1) is 16.1. The number of carbonyl (C=O) groups excluding carboxylic acids is 1. The van der Waals surface area contributed by atoms with Gasteiger partial charge in [0.2, 0.25) is 0 Å². The molecule has 2 aromatic carbocycles. The quantitative estimate of drug-likeness (QED) is 0.307. The molecule has 4 nitrogen and oxygen atoms in total. The van der Waals surface area contributed by atoms with E-state index >= 15 is 0 Å². The summed E-state index contributed by atoms with van der Waals surface area (Å²) >= 11 is 0. The maximum absolute atomic E-state index is 13.2. The Bertz CT molecular complexity index is 999. The van der Waals surface area contributed by atoms with Gasteiger partial charge in [-0.3, -0.25) is 9.00 Å². The van der Waals surface area contributed by atoms with Crippen molar-refractivity contribution in [2.45, 2.75) is 44.9 Å². The van der Waals surface area contributed by atoms with Crippen molar-refractivity contribution in [1.82, 2.24) is 0 Å². The number of esters is 1. The van der Waals surface area contributed by atoms with E-state index in [2.05, 4.69) is 0 Å². The normalized spacial score (nSPS) is 17.3. The van der Waals surface area contributed by atoms with Crippen molar-refractivity contribution in [2.75, 3.05) is 0 Å². The standard InChI is InChI=1S/C24H25O4S.C5H5.Fe/c1-15-9-11-17(12-10-15)29(27)23-8-6-7-18(23)19-13-22(28-16(2)25)20(14-21(19)26)24(3,4)5;1-2-4-5-3-1;/h6-14,26H,1-5H3;1-5H;/q;;+2/t29-;;/m0../s1. The van der Waals surface area contributed by atoms with Gasteiger partial charge in [0.1, 0.15) is 11.5 Å². The van der Waals surface area contributed by atoms with Crippen LogP contribution < -0.4 is 4.74 Å². The van der Waals surface area contributed by atoms with E-state index in [1.807, 2.05) is 90.5 Å². The first-order valence-electron chi connectivity index (χ1n) is 11.0. The van der Waals surface area contributed by atoms with Gasteiger partial charge in [-0.2, -0.15) is 0 Å². The van der Waals surface area contributed by atoms with Crippen LogP contribution >= 0.6 is 0 Å². The molecule has 0 bridgehead atoms. The summed E-state index contributed by atoms with van der Waals surface area (Å²) in [5.41, 5.74) is 1.96. The molecule has 6 heteroatoms. The number of phenols is 1. The van der Waals surface area contributed by atoms with Crippen molar-refractivity contribution >= 4 is 16.8 Å². The van der Waals surface area contributed by atoms with E-state index in [4.69, 9.17) is 4.74 Å². The number of benzene rings is 2. The number of ether oxygens (including phenoxy) is 1. The van der Waals surface area contributed by atoms with Crippen molar-refractivity contribution in [1.29, 1.82) is 0 Å². The van der Waals surface area contributed by atoms with Gasteiger partial charge >= 0.3 is 23.0 Å². The molecule has 2 aromatic rings. The van der Waals surface area contributed by atoms with Gasteiger partial charge in [-0.25, -0.2) is 0 Å². The Morgan fingerprint density at radius 3 is 2.00 bits per heavy atom. The molecule has 1 atom stereocenters. The van der Waals surface area contributed by atoms with Crippen LogP contribution in [0.2, 0.25) is 0 Å². The molecule has 2 aliphatic carbocycles. The molecule has 0 heterocycles. The van der Waals surface area contributed by atoms with Gasteiger partial charge in [-0.1, -0.05) is 38.5 Å². The second-order valence-corrected chi connectivity index (χ2v) is 10.5. The summed E-state index contributed by atoms with van der Waals surface area (Å²) in [6.45, 7) is 9.27. The minimum absolute atomic E-state index is 0. The van der Waals surface area contributed by atoms with E-state index in [9.17, 15) is 14.1 Å². The first kappa shape index (κ1) is 29.6. The largest absolute Gasteiger partial charge is 2.00 e. The second-order valence-electron chi connectivity index (χ2n) is 9.06. The van der Waals surface area contributed by atoms with Crippen LogP contribution in [0.1, 0.15) is 44.4 Å². The third-order valence-electron chi connectivity index (χ3n) is 5.22. The summed E-state index contributed by atoms with van der Waals surface area (Å²) in [7, 11) is -1.40. The number of hydrogen-bond acceptors (Lipinski definition) is 4. The topological polar surface area (TPSA) is 63.6 Å². The van der Waals surface area contributed by atoms with Crippen LogP contribution in [0, 0.1) is 69.5 Å². The number of carbonyl (C=O) groups is 1. The molecular formula is C29H30FeO4S+2. The molecule has 2 fully saturated rings. The van der Waals surface area contributed by atoms with E-state index < -0.39 is 16.8 Å². The molecule has 2 saturated carbocycles. The van der Waals surface area contributed by atoms with Crippen molar-refractivity contribution < 1.29 is 35.9 Å². The van der Waals surface area contributed by atoms with Gasteiger partial charge in [-0.05, 0) is 88.0 Å². The van der Waals surface area contributed by atoms with Crippen LogP contribution in [0.3, 0.4) is 0 Å². The summed E-state index contributed by atoms with van der Waals surface area (Å²) in [6, 6.07) is 10.8. The van der Waals surface area contributed by atoms with Crippen LogP contribution in [-0.4, -0.2) is 15.3 Å². The smallest absolute Gasteiger partial charge is 0.508 e. The monoisotopic (exact) mass is 530 g/mol. The van der Waals surface area contributed by atoms with E-state index in [1.54, 1.807) is 25.0 Å². The molecule has 1 N–H and O–H groups in total. The van der Waals surface area contributed by atoms with Gasteiger partial charge in [0.15, 0.2) is 0 Å². The zero-order chi connectivity index (χ0) is 24.9. The zero-order valence-electron chi connectivity index (χ0n) is 20.5. The molecule has 35 heavy (non-hydrogen) atoms. The molecule has 2 aliphatic rings. The van der Waals surface area contributed by atoms with Gasteiger partial charge in [0, 0.05) is 28.9 Å².